The lowest BCUT2D eigenvalue weighted by Gasteiger charge is -2.30. The predicted octanol–water partition coefficient (Wildman–Crippen LogP) is 2.95. The summed E-state index contributed by atoms with van der Waals surface area (Å²) in [6.07, 6.45) is 3.73. The Hall–Kier alpha value is -1.06. The van der Waals surface area contributed by atoms with Crippen molar-refractivity contribution in [2.45, 2.75) is 39.2 Å². The quantitative estimate of drug-likeness (QED) is 0.835. The first-order chi connectivity index (χ1) is 10.2. The standard InChI is InChI=1S/C18H30N2O/c1-15-8-11-20(12-9-15)13-10-19-16(2)14-17-6-4-5-7-18(17)21-3/h4-7,15-16,19H,8-14H2,1-3H3. The van der Waals surface area contributed by atoms with Crippen LogP contribution in [0.4, 0.5) is 0 Å². The van der Waals surface area contributed by atoms with Crippen LogP contribution in [0.3, 0.4) is 0 Å². The van der Waals surface area contributed by atoms with Crippen molar-refractivity contribution in [2.75, 3.05) is 33.3 Å². The molecule has 0 aliphatic carbocycles. The normalized spacial score (nSPS) is 18.6. The van der Waals surface area contributed by atoms with E-state index in [2.05, 4.69) is 36.2 Å². The Labute approximate surface area is 129 Å². The zero-order chi connectivity index (χ0) is 15.1. The van der Waals surface area contributed by atoms with Gasteiger partial charge in [0.15, 0.2) is 0 Å². The molecule has 1 atom stereocenters. The molecule has 1 fully saturated rings. The molecule has 1 aliphatic rings. The summed E-state index contributed by atoms with van der Waals surface area (Å²) in [4.78, 5) is 2.59. The van der Waals surface area contributed by atoms with Gasteiger partial charge in [-0.1, -0.05) is 25.1 Å². The minimum atomic E-state index is 0.477. The Morgan fingerprint density at radius 1 is 1.29 bits per heavy atom. The second-order valence-electron chi connectivity index (χ2n) is 6.40. The fourth-order valence-electron chi connectivity index (χ4n) is 3.03. The molecule has 1 aromatic carbocycles. The largest absolute Gasteiger partial charge is 0.496 e. The molecule has 0 bridgehead atoms. The van der Waals surface area contributed by atoms with E-state index in [0.717, 1.165) is 24.6 Å². The first kappa shape index (κ1) is 16.3. The summed E-state index contributed by atoms with van der Waals surface area (Å²) in [7, 11) is 1.74. The first-order valence-corrected chi connectivity index (χ1v) is 8.26. The zero-order valence-electron chi connectivity index (χ0n) is 13.8. The molecule has 1 heterocycles. The van der Waals surface area contributed by atoms with Crippen molar-refractivity contribution in [1.29, 1.82) is 0 Å². The number of hydrogen-bond acceptors (Lipinski definition) is 3. The van der Waals surface area contributed by atoms with Crippen LogP contribution in [-0.2, 0) is 6.42 Å². The fraction of sp³-hybridized carbons (Fsp3) is 0.667. The van der Waals surface area contributed by atoms with E-state index in [1.165, 1.54) is 38.0 Å². The van der Waals surface area contributed by atoms with Gasteiger partial charge in [0.1, 0.15) is 5.75 Å². The average Bonchev–Trinajstić information content (AvgIpc) is 2.50. The maximum absolute atomic E-state index is 5.42. The van der Waals surface area contributed by atoms with Crippen molar-refractivity contribution in [3.63, 3.8) is 0 Å². The third kappa shape index (κ3) is 5.33. The predicted molar refractivity (Wildman–Crippen MR) is 89.0 cm³/mol. The van der Waals surface area contributed by atoms with Crippen molar-refractivity contribution in [3.05, 3.63) is 29.8 Å². The molecule has 0 radical (unpaired) electrons. The smallest absolute Gasteiger partial charge is 0.122 e. The average molecular weight is 290 g/mol. The summed E-state index contributed by atoms with van der Waals surface area (Å²) in [5, 5.41) is 3.64. The first-order valence-electron chi connectivity index (χ1n) is 8.26. The minimum Gasteiger partial charge on any atom is -0.496 e. The number of hydrogen-bond donors (Lipinski definition) is 1. The lowest BCUT2D eigenvalue weighted by atomic mass is 9.99. The third-order valence-electron chi connectivity index (χ3n) is 4.52. The lowest BCUT2D eigenvalue weighted by molar-refractivity contribution is 0.191. The van der Waals surface area contributed by atoms with Crippen LogP contribution in [0.15, 0.2) is 24.3 Å². The molecule has 2 rings (SSSR count). The Morgan fingerprint density at radius 3 is 2.71 bits per heavy atom. The van der Waals surface area contributed by atoms with Gasteiger partial charge in [0.25, 0.3) is 0 Å². The lowest BCUT2D eigenvalue weighted by Crippen LogP contribution is -2.40. The van der Waals surface area contributed by atoms with Crippen molar-refractivity contribution >= 4 is 0 Å². The van der Waals surface area contributed by atoms with Gasteiger partial charge in [-0.3, -0.25) is 0 Å². The molecule has 0 amide bonds. The highest BCUT2D eigenvalue weighted by Gasteiger charge is 2.15. The van der Waals surface area contributed by atoms with E-state index >= 15 is 0 Å². The van der Waals surface area contributed by atoms with E-state index < -0.39 is 0 Å². The number of piperidine rings is 1. The van der Waals surface area contributed by atoms with Gasteiger partial charge in [-0.15, -0.1) is 0 Å². The molecular formula is C18H30N2O. The number of nitrogens with zero attached hydrogens (tertiary/aromatic N) is 1. The number of likely N-dealkylation sites (tertiary alicyclic amines) is 1. The molecule has 1 N–H and O–H groups in total. The molecule has 1 aliphatic heterocycles. The van der Waals surface area contributed by atoms with E-state index in [-0.39, 0.29) is 0 Å². The second kappa shape index (κ2) is 8.40. The Bertz CT molecular complexity index is 413. The maximum atomic E-state index is 5.42. The summed E-state index contributed by atoms with van der Waals surface area (Å²) in [5.74, 6) is 1.91. The number of benzene rings is 1. The van der Waals surface area contributed by atoms with Gasteiger partial charge < -0.3 is 15.0 Å². The topological polar surface area (TPSA) is 24.5 Å². The number of rotatable bonds is 7. The number of methoxy groups -OCH3 is 1. The molecule has 1 saturated heterocycles. The molecule has 0 saturated carbocycles. The van der Waals surface area contributed by atoms with Crippen molar-refractivity contribution in [3.8, 4) is 5.75 Å². The van der Waals surface area contributed by atoms with E-state index in [0.29, 0.717) is 6.04 Å². The van der Waals surface area contributed by atoms with Crippen LogP contribution in [0, 0.1) is 5.92 Å². The van der Waals surface area contributed by atoms with E-state index in [9.17, 15) is 0 Å². The molecular weight excluding hydrogens is 260 g/mol. The van der Waals surface area contributed by atoms with Crippen LogP contribution < -0.4 is 10.1 Å². The van der Waals surface area contributed by atoms with Gasteiger partial charge in [-0.05, 0) is 56.8 Å². The van der Waals surface area contributed by atoms with Crippen molar-refractivity contribution < 1.29 is 4.74 Å². The van der Waals surface area contributed by atoms with Crippen LogP contribution in [0.2, 0.25) is 0 Å². The summed E-state index contributed by atoms with van der Waals surface area (Å²) in [5.41, 5.74) is 1.28. The number of nitrogens with one attached hydrogen (secondary N) is 1. The summed E-state index contributed by atoms with van der Waals surface area (Å²) in [6.45, 7) is 9.40. The zero-order valence-corrected chi connectivity index (χ0v) is 13.8. The molecule has 0 aromatic heterocycles. The van der Waals surface area contributed by atoms with Crippen molar-refractivity contribution in [2.24, 2.45) is 5.92 Å². The molecule has 1 aromatic rings. The fourth-order valence-corrected chi connectivity index (χ4v) is 3.03. The molecule has 1 unspecified atom stereocenters. The minimum absolute atomic E-state index is 0.477. The molecule has 21 heavy (non-hydrogen) atoms. The van der Waals surface area contributed by atoms with Crippen LogP contribution in [-0.4, -0.2) is 44.2 Å². The van der Waals surface area contributed by atoms with Crippen LogP contribution >= 0.6 is 0 Å². The summed E-state index contributed by atoms with van der Waals surface area (Å²) in [6, 6.07) is 8.78. The Balaban J connectivity index is 1.69. The SMILES string of the molecule is COc1ccccc1CC(C)NCCN1CCC(C)CC1. The Kier molecular flexibility index (Phi) is 6.52. The van der Waals surface area contributed by atoms with Gasteiger partial charge >= 0.3 is 0 Å². The highest BCUT2D eigenvalue weighted by atomic mass is 16.5. The molecule has 3 nitrogen and oxygen atoms in total. The van der Waals surface area contributed by atoms with E-state index in [4.69, 9.17) is 4.74 Å². The molecule has 0 spiro atoms. The maximum Gasteiger partial charge on any atom is 0.122 e. The highest BCUT2D eigenvalue weighted by molar-refractivity contribution is 5.33. The van der Waals surface area contributed by atoms with Crippen LogP contribution in [0.5, 0.6) is 5.75 Å². The Morgan fingerprint density at radius 2 is 2.00 bits per heavy atom. The second-order valence-corrected chi connectivity index (χ2v) is 6.40. The van der Waals surface area contributed by atoms with Crippen LogP contribution in [0.1, 0.15) is 32.3 Å². The van der Waals surface area contributed by atoms with Gasteiger partial charge in [0.05, 0.1) is 7.11 Å². The van der Waals surface area contributed by atoms with Gasteiger partial charge in [0, 0.05) is 19.1 Å². The summed E-state index contributed by atoms with van der Waals surface area (Å²) >= 11 is 0. The molecule has 118 valence electrons. The van der Waals surface area contributed by atoms with Gasteiger partial charge in [0.2, 0.25) is 0 Å². The highest BCUT2D eigenvalue weighted by Crippen LogP contribution is 2.19. The van der Waals surface area contributed by atoms with E-state index in [1.807, 2.05) is 12.1 Å². The third-order valence-corrected chi connectivity index (χ3v) is 4.52. The molecule has 3 heteroatoms. The van der Waals surface area contributed by atoms with Crippen LogP contribution in [0.25, 0.3) is 0 Å². The van der Waals surface area contributed by atoms with Gasteiger partial charge in [-0.2, -0.15) is 0 Å². The number of para-hydroxylation sites is 1. The summed E-state index contributed by atoms with van der Waals surface area (Å²) < 4.78 is 5.42. The van der Waals surface area contributed by atoms with Crippen molar-refractivity contribution in [1.82, 2.24) is 10.2 Å². The van der Waals surface area contributed by atoms with Gasteiger partial charge in [-0.25, -0.2) is 0 Å². The number of ether oxygens (including phenoxy) is 1. The van der Waals surface area contributed by atoms with E-state index in [1.54, 1.807) is 7.11 Å². The monoisotopic (exact) mass is 290 g/mol.